The predicted molar refractivity (Wildman–Crippen MR) is 47.0 cm³/mol. The molecule has 0 fully saturated rings. The van der Waals surface area contributed by atoms with Gasteiger partial charge in [0.2, 0.25) is 12.3 Å². The number of carbonyl (C=O) groups excluding carboxylic acids is 2. The Morgan fingerprint density at radius 2 is 1.85 bits per heavy atom. The van der Waals surface area contributed by atoms with E-state index in [4.69, 9.17) is 5.11 Å². The molecule has 0 aliphatic carbocycles. The Kier molecular flexibility index (Phi) is 11.6. The van der Waals surface area contributed by atoms with E-state index in [-0.39, 0.29) is 25.7 Å². The van der Waals surface area contributed by atoms with Crippen LogP contribution in [0.4, 0.5) is 0 Å². The van der Waals surface area contributed by atoms with Gasteiger partial charge in [0, 0.05) is 12.8 Å². The van der Waals surface area contributed by atoms with Crippen molar-refractivity contribution in [3.05, 3.63) is 0 Å². The topological polar surface area (TPSA) is 83.5 Å². The van der Waals surface area contributed by atoms with Crippen molar-refractivity contribution in [2.75, 3.05) is 0 Å². The molecule has 0 aromatic heterocycles. The number of amides is 2. The molecule has 5 nitrogen and oxygen atoms in total. The van der Waals surface area contributed by atoms with E-state index in [1.165, 1.54) is 0 Å². The zero-order valence-electron chi connectivity index (χ0n) is 7.87. The van der Waals surface area contributed by atoms with E-state index in [0.717, 1.165) is 0 Å². The van der Waals surface area contributed by atoms with Crippen molar-refractivity contribution in [1.82, 2.24) is 5.32 Å². The lowest BCUT2D eigenvalue weighted by molar-refractivity contribution is -0.137. The van der Waals surface area contributed by atoms with Crippen molar-refractivity contribution >= 4 is 18.3 Å². The van der Waals surface area contributed by atoms with Crippen LogP contribution < -0.4 is 5.32 Å². The first-order chi connectivity index (χ1) is 6.16. The summed E-state index contributed by atoms with van der Waals surface area (Å²) < 4.78 is 0. The normalized spacial score (nSPS) is 7.85. The number of hydrogen-bond donors (Lipinski definition) is 2. The molecule has 0 aliphatic heterocycles. The third kappa shape index (κ3) is 13.6. The van der Waals surface area contributed by atoms with Gasteiger partial charge >= 0.3 is 5.97 Å². The highest BCUT2D eigenvalue weighted by Gasteiger charge is 2.01. The Morgan fingerprint density at radius 3 is 2.23 bits per heavy atom. The molecule has 0 saturated carbocycles. The van der Waals surface area contributed by atoms with Crippen molar-refractivity contribution in [2.45, 2.75) is 33.1 Å². The van der Waals surface area contributed by atoms with Gasteiger partial charge in [0.1, 0.15) is 0 Å². The second kappa shape index (κ2) is 10.6. The molecule has 2 N–H and O–H groups in total. The zero-order chi connectivity index (χ0) is 10.7. The molecule has 0 aromatic carbocycles. The van der Waals surface area contributed by atoms with Crippen LogP contribution in [0, 0.1) is 0 Å². The minimum absolute atomic E-state index is 0.0493. The fourth-order valence-electron chi connectivity index (χ4n) is 0.538. The minimum atomic E-state index is -0.941. The van der Waals surface area contributed by atoms with Crippen LogP contribution in [0.5, 0.6) is 0 Å². The zero-order valence-corrected chi connectivity index (χ0v) is 7.87. The average molecular weight is 189 g/mol. The molecule has 2 amide bonds. The van der Waals surface area contributed by atoms with Gasteiger partial charge in [0.25, 0.3) is 0 Å². The molecule has 0 bridgehead atoms. The largest absolute Gasteiger partial charge is 0.481 e. The highest BCUT2D eigenvalue weighted by atomic mass is 16.4. The Labute approximate surface area is 77.1 Å². The highest BCUT2D eigenvalue weighted by Crippen LogP contribution is 1.93. The fraction of sp³-hybridized carbons (Fsp3) is 0.625. The Balaban J connectivity index is 0. The fourth-order valence-corrected chi connectivity index (χ4v) is 0.538. The van der Waals surface area contributed by atoms with E-state index < -0.39 is 11.9 Å². The first kappa shape index (κ1) is 14.2. The van der Waals surface area contributed by atoms with Crippen molar-refractivity contribution in [3.63, 3.8) is 0 Å². The molecule has 0 rings (SSSR count). The first-order valence-electron chi connectivity index (χ1n) is 4.11. The van der Waals surface area contributed by atoms with Crippen molar-refractivity contribution in [2.24, 2.45) is 0 Å². The lowest BCUT2D eigenvalue weighted by Crippen LogP contribution is -2.20. The molecule has 0 saturated heterocycles. The molecular formula is C8H15NO4. The third-order valence-electron chi connectivity index (χ3n) is 1.01. The number of carboxylic acids is 1. The van der Waals surface area contributed by atoms with Crippen LogP contribution in [-0.2, 0) is 14.4 Å². The van der Waals surface area contributed by atoms with E-state index in [2.05, 4.69) is 0 Å². The molecule has 0 unspecified atom stereocenters. The lowest BCUT2D eigenvalue weighted by atomic mass is 10.2. The third-order valence-corrected chi connectivity index (χ3v) is 1.01. The average Bonchev–Trinajstić information content (AvgIpc) is 2.08. The summed E-state index contributed by atoms with van der Waals surface area (Å²) >= 11 is 0. The van der Waals surface area contributed by atoms with Crippen LogP contribution in [0.15, 0.2) is 0 Å². The van der Waals surface area contributed by atoms with Gasteiger partial charge in [0.15, 0.2) is 0 Å². The van der Waals surface area contributed by atoms with E-state index in [9.17, 15) is 14.4 Å². The van der Waals surface area contributed by atoms with Crippen LogP contribution in [0.25, 0.3) is 0 Å². The molecule has 0 spiro atoms. The summed E-state index contributed by atoms with van der Waals surface area (Å²) in [5, 5.41) is 10.1. The second-order valence-electron chi connectivity index (χ2n) is 1.93. The molecule has 0 atom stereocenters. The first-order valence-corrected chi connectivity index (χ1v) is 4.11. The standard InChI is InChI=1S/C6H9NO4.C2H6/c8-4-7-5(9)2-1-3-6(10)11;1-2/h4H,1-3H2,(H,10,11)(H,7,8,9);1-2H3. The number of carboxylic acid groups (broad SMARTS) is 1. The number of nitrogens with one attached hydrogen (secondary N) is 1. The van der Waals surface area contributed by atoms with Crippen LogP contribution in [-0.4, -0.2) is 23.4 Å². The van der Waals surface area contributed by atoms with Gasteiger partial charge in [-0.15, -0.1) is 0 Å². The van der Waals surface area contributed by atoms with Crippen LogP contribution in [0.2, 0.25) is 0 Å². The van der Waals surface area contributed by atoms with Crippen LogP contribution >= 0.6 is 0 Å². The van der Waals surface area contributed by atoms with Crippen LogP contribution in [0.3, 0.4) is 0 Å². The summed E-state index contributed by atoms with van der Waals surface area (Å²) in [6.07, 6.45) is 0.565. The Bertz CT molecular complexity index is 168. The highest BCUT2D eigenvalue weighted by molar-refractivity contribution is 5.85. The number of hydrogen-bond acceptors (Lipinski definition) is 3. The van der Waals surface area contributed by atoms with E-state index in [1.807, 2.05) is 19.2 Å². The molecule has 0 aromatic rings. The van der Waals surface area contributed by atoms with Gasteiger partial charge in [-0.1, -0.05) is 13.8 Å². The van der Waals surface area contributed by atoms with Crippen LogP contribution in [0.1, 0.15) is 33.1 Å². The number of aliphatic carboxylic acids is 1. The Hall–Kier alpha value is -1.39. The van der Waals surface area contributed by atoms with E-state index >= 15 is 0 Å². The monoisotopic (exact) mass is 189 g/mol. The van der Waals surface area contributed by atoms with E-state index in [1.54, 1.807) is 0 Å². The molecule has 0 radical (unpaired) electrons. The summed E-state index contributed by atoms with van der Waals surface area (Å²) in [5.74, 6) is -1.38. The summed E-state index contributed by atoms with van der Waals surface area (Å²) in [6, 6.07) is 0. The predicted octanol–water partition coefficient (Wildman–Crippen LogP) is 0.540. The van der Waals surface area contributed by atoms with Gasteiger partial charge in [-0.2, -0.15) is 0 Å². The van der Waals surface area contributed by atoms with Gasteiger partial charge in [0.05, 0.1) is 0 Å². The Morgan fingerprint density at radius 1 is 1.31 bits per heavy atom. The molecule has 0 aliphatic rings. The summed E-state index contributed by atoms with van der Waals surface area (Å²) in [7, 11) is 0. The van der Waals surface area contributed by atoms with Crippen molar-refractivity contribution in [1.29, 1.82) is 0 Å². The van der Waals surface area contributed by atoms with Gasteiger partial charge in [-0.05, 0) is 6.42 Å². The number of rotatable bonds is 5. The van der Waals surface area contributed by atoms with Gasteiger partial charge in [-0.25, -0.2) is 0 Å². The maximum absolute atomic E-state index is 10.5. The summed E-state index contributed by atoms with van der Waals surface area (Å²) in [4.78, 5) is 30.1. The number of imide groups is 1. The van der Waals surface area contributed by atoms with Gasteiger partial charge in [-0.3, -0.25) is 19.7 Å². The molecule has 13 heavy (non-hydrogen) atoms. The lowest BCUT2D eigenvalue weighted by Gasteiger charge is -1.94. The quantitative estimate of drug-likeness (QED) is 0.618. The maximum Gasteiger partial charge on any atom is 0.303 e. The summed E-state index contributed by atoms with van der Waals surface area (Å²) in [5.41, 5.74) is 0. The molecule has 0 heterocycles. The summed E-state index contributed by atoms with van der Waals surface area (Å²) in [6.45, 7) is 4.00. The minimum Gasteiger partial charge on any atom is -0.481 e. The SMILES string of the molecule is CC.O=CNC(=O)CCCC(=O)O. The smallest absolute Gasteiger partial charge is 0.303 e. The molecule has 5 heteroatoms. The maximum atomic E-state index is 10.5. The van der Waals surface area contributed by atoms with Crippen molar-refractivity contribution in [3.8, 4) is 0 Å². The molecule has 76 valence electrons. The van der Waals surface area contributed by atoms with E-state index in [0.29, 0.717) is 0 Å². The van der Waals surface area contributed by atoms with Gasteiger partial charge < -0.3 is 5.11 Å². The number of carbonyl (C=O) groups is 3. The van der Waals surface area contributed by atoms with Crippen molar-refractivity contribution < 1.29 is 19.5 Å². The molecular weight excluding hydrogens is 174 g/mol. The second-order valence-corrected chi connectivity index (χ2v) is 1.93.